The zero-order valence-corrected chi connectivity index (χ0v) is 15.4. The fraction of sp³-hybridized carbons (Fsp3) is 0.312. The summed E-state index contributed by atoms with van der Waals surface area (Å²) in [6.07, 6.45) is -9.65. The van der Waals surface area contributed by atoms with Gasteiger partial charge in [-0.1, -0.05) is 6.92 Å². The molecule has 30 heavy (non-hydrogen) atoms. The van der Waals surface area contributed by atoms with Gasteiger partial charge in [0, 0.05) is 12.4 Å². The van der Waals surface area contributed by atoms with Gasteiger partial charge in [0.1, 0.15) is 17.1 Å². The van der Waals surface area contributed by atoms with Gasteiger partial charge in [-0.2, -0.15) is 35.1 Å². The fourth-order valence-electron chi connectivity index (χ4n) is 2.61. The van der Waals surface area contributed by atoms with Crippen LogP contribution in [0.3, 0.4) is 0 Å². The second-order valence-corrected chi connectivity index (χ2v) is 8.34. The van der Waals surface area contributed by atoms with Crippen LogP contribution >= 0.6 is 0 Å². The lowest BCUT2D eigenvalue weighted by Gasteiger charge is -2.16. The first-order chi connectivity index (χ1) is 13.6. The Morgan fingerprint density at radius 1 is 0.933 bits per heavy atom. The van der Waals surface area contributed by atoms with Crippen LogP contribution in [0.5, 0.6) is 0 Å². The summed E-state index contributed by atoms with van der Waals surface area (Å²) in [6, 6.07) is 0.415. The first-order valence-electron chi connectivity index (χ1n) is 7.94. The SMILES string of the molecule is CCS(=O)(=O)c1cc(C(F)(F)F)cnc1C1=Nc2cc(C(F)(F)F)cnc2C1(F)F. The van der Waals surface area contributed by atoms with E-state index in [1.165, 1.54) is 0 Å². The summed E-state index contributed by atoms with van der Waals surface area (Å²) in [4.78, 5) is 8.49. The number of sulfone groups is 1. The third-order valence-corrected chi connectivity index (χ3v) is 5.88. The van der Waals surface area contributed by atoms with Crippen LogP contribution < -0.4 is 0 Å². The van der Waals surface area contributed by atoms with Crippen molar-refractivity contribution in [2.45, 2.75) is 30.1 Å². The quantitative estimate of drug-likeness (QED) is 0.633. The summed E-state index contributed by atoms with van der Waals surface area (Å²) in [5, 5.41) is 0. The molecule has 14 heteroatoms. The van der Waals surface area contributed by atoms with Crippen molar-refractivity contribution >= 4 is 21.2 Å². The topological polar surface area (TPSA) is 72.3 Å². The maximum absolute atomic E-state index is 14.8. The first kappa shape index (κ1) is 22.1. The summed E-state index contributed by atoms with van der Waals surface area (Å²) >= 11 is 0. The number of pyridine rings is 2. The van der Waals surface area contributed by atoms with Crippen molar-refractivity contribution in [3.8, 4) is 0 Å². The van der Waals surface area contributed by atoms with Crippen LogP contribution in [0.2, 0.25) is 0 Å². The Balaban J connectivity index is 2.26. The Bertz CT molecular complexity index is 1150. The summed E-state index contributed by atoms with van der Waals surface area (Å²) in [5.74, 6) is -4.94. The van der Waals surface area contributed by atoms with Gasteiger partial charge in [-0.3, -0.25) is 9.97 Å². The lowest BCUT2D eigenvalue weighted by atomic mass is 10.1. The van der Waals surface area contributed by atoms with Crippen LogP contribution in [0.15, 0.2) is 34.4 Å². The van der Waals surface area contributed by atoms with Crippen LogP contribution in [0.4, 0.5) is 40.8 Å². The van der Waals surface area contributed by atoms with Crippen molar-refractivity contribution in [3.05, 3.63) is 47.0 Å². The van der Waals surface area contributed by atoms with Crippen LogP contribution in [-0.2, 0) is 28.1 Å². The van der Waals surface area contributed by atoms with Crippen LogP contribution in [0.1, 0.15) is 29.4 Å². The Labute approximate surface area is 163 Å². The van der Waals surface area contributed by atoms with E-state index in [2.05, 4.69) is 15.0 Å². The molecule has 162 valence electrons. The molecular formula is C16H9F8N3O2S. The number of rotatable bonds is 3. The Morgan fingerprint density at radius 3 is 2.00 bits per heavy atom. The van der Waals surface area contributed by atoms with Gasteiger partial charge in [0.05, 0.1) is 27.5 Å². The third kappa shape index (κ3) is 3.63. The molecule has 0 saturated heterocycles. The van der Waals surface area contributed by atoms with Crippen molar-refractivity contribution < 1.29 is 43.5 Å². The number of halogens is 8. The standard InChI is InChI=1S/C16H9F8N3O2S/c1-2-30(28,29)10-4-8(16(22,23)24)5-25-11(10)13-14(17,18)12-9(27-13)3-7(6-26-12)15(19,20)21/h3-6H,2H2,1H3. The molecule has 0 bridgehead atoms. The summed E-state index contributed by atoms with van der Waals surface area (Å²) in [6.45, 7) is 1.07. The van der Waals surface area contributed by atoms with Gasteiger partial charge in [-0.25, -0.2) is 13.4 Å². The largest absolute Gasteiger partial charge is 0.417 e. The van der Waals surface area contributed by atoms with Gasteiger partial charge in [0.15, 0.2) is 9.84 Å². The molecule has 0 saturated carbocycles. The highest BCUT2D eigenvalue weighted by molar-refractivity contribution is 7.91. The Morgan fingerprint density at radius 2 is 1.47 bits per heavy atom. The van der Waals surface area contributed by atoms with Crippen molar-refractivity contribution in [3.63, 3.8) is 0 Å². The monoisotopic (exact) mass is 459 g/mol. The molecule has 2 aromatic heterocycles. The van der Waals surface area contributed by atoms with Crippen molar-refractivity contribution in [2.24, 2.45) is 4.99 Å². The van der Waals surface area contributed by atoms with Gasteiger partial charge in [-0.15, -0.1) is 0 Å². The van der Waals surface area contributed by atoms with E-state index in [9.17, 15) is 43.5 Å². The molecule has 0 radical (unpaired) electrons. The molecule has 2 aromatic rings. The molecule has 0 amide bonds. The molecular weight excluding hydrogens is 450 g/mol. The summed E-state index contributed by atoms with van der Waals surface area (Å²) in [7, 11) is -4.50. The number of hydrogen-bond donors (Lipinski definition) is 0. The van der Waals surface area contributed by atoms with Crippen molar-refractivity contribution in [1.29, 1.82) is 0 Å². The molecule has 0 atom stereocenters. The van der Waals surface area contributed by atoms with E-state index < -0.39 is 72.7 Å². The molecule has 0 aliphatic carbocycles. The predicted molar refractivity (Wildman–Crippen MR) is 86.3 cm³/mol. The molecule has 1 aliphatic rings. The van der Waals surface area contributed by atoms with Gasteiger partial charge in [0.25, 0.3) is 0 Å². The lowest BCUT2D eigenvalue weighted by molar-refractivity contribution is -0.138. The molecule has 0 fully saturated rings. The zero-order chi connectivity index (χ0) is 22.7. The van der Waals surface area contributed by atoms with Crippen molar-refractivity contribution in [2.75, 3.05) is 5.75 Å². The smallest absolute Gasteiger partial charge is 0.253 e. The number of alkyl halides is 8. The van der Waals surface area contributed by atoms with E-state index >= 15 is 0 Å². The maximum Gasteiger partial charge on any atom is 0.417 e. The molecule has 1 aliphatic heterocycles. The summed E-state index contributed by atoms with van der Waals surface area (Å²) < 4.78 is 131. The highest BCUT2D eigenvalue weighted by Crippen LogP contribution is 2.46. The van der Waals surface area contributed by atoms with Crippen LogP contribution in [-0.4, -0.2) is 29.9 Å². The minimum atomic E-state index is -5.02. The molecule has 5 nitrogen and oxygen atoms in total. The lowest BCUT2D eigenvalue weighted by Crippen LogP contribution is -2.28. The van der Waals surface area contributed by atoms with Crippen LogP contribution in [0.25, 0.3) is 0 Å². The van der Waals surface area contributed by atoms with Crippen LogP contribution in [0, 0.1) is 0 Å². The van der Waals surface area contributed by atoms with Gasteiger partial charge < -0.3 is 0 Å². The number of hydrogen-bond acceptors (Lipinski definition) is 5. The maximum atomic E-state index is 14.8. The van der Waals surface area contributed by atoms with E-state index in [-0.39, 0.29) is 24.5 Å². The average molecular weight is 459 g/mol. The molecule has 0 spiro atoms. The number of nitrogens with zero attached hydrogens (tertiary/aromatic N) is 3. The Kier molecular flexibility index (Phi) is 4.91. The second kappa shape index (κ2) is 6.68. The number of aromatic nitrogens is 2. The van der Waals surface area contributed by atoms with E-state index in [4.69, 9.17) is 0 Å². The average Bonchev–Trinajstić information content (AvgIpc) is 2.90. The molecule has 3 rings (SSSR count). The van der Waals surface area contributed by atoms with E-state index in [1.807, 2.05) is 0 Å². The minimum absolute atomic E-state index is 0.136. The highest BCUT2D eigenvalue weighted by atomic mass is 32.2. The second-order valence-electron chi connectivity index (χ2n) is 6.10. The molecule has 0 N–H and O–H groups in total. The van der Waals surface area contributed by atoms with Crippen molar-refractivity contribution in [1.82, 2.24) is 9.97 Å². The Hall–Kier alpha value is -2.64. The van der Waals surface area contributed by atoms with E-state index in [0.717, 1.165) is 6.92 Å². The van der Waals surface area contributed by atoms with E-state index in [0.29, 0.717) is 0 Å². The molecule has 3 heterocycles. The number of fused-ring (bicyclic) bond motifs is 1. The zero-order valence-electron chi connectivity index (χ0n) is 14.6. The molecule has 0 unspecified atom stereocenters. The van der Waals surface area contributed by atoms with Gasteiger partial charge in [0.2, 0.25) is 0 Å². The molecule has 0 aromatic carbocycles. The number of aliphatic imine (C=N–C) groups is 1. The normalized spacial score (nSPS) is 16.4. The first-order valence-corrected chi connectivity index (χ1v) is 9.59. The third-order valence-electron chi connectivity index (χ3n) is 4.14. The minimum Gasteiger partial charge on any atom is -0.253 e. The fourth-order valence-corrected chi connectivity index (χ4v) is 3.67. The summed E-state index contributed by atoms with van der Waals surface area (Å²) in [5.41, 5.74) is -7.50. The predicted octanol–water partition coefficient (Wildman–Crippen LogP) is 4.53. The van der Waals surface area contributed by atoms with E-state index in [1.54, 1.807) is 0 Å². The van der Waals surface area contributed by atoms with Gasteiger partial charge in [-0.05, 0) is 12.1 Å². The van der Waals surface area contributed by atoms with Gasteiger partial charge >= 0.3 is 18.3 Å². The highest BCUT2D eigenvalue weighted by Gasteiger charge is 2.50.